The molecule has 1 aromatic carbocycles. The molecule has 2 aromatic heterocycles. The number of thiazole rings is 1. The molecular weight excluding hydrogens is 605 g/mol. The van der Waals surface area contributed by atoms with Gasteiger partial charge in [-0.3, -0.25) is 14.4 Å². The minimum Gasteiger partial charge on any atom is -0.480 e. The van der Waals surface area contributed by atoms with E-state index in [0.29, 0.717) is 5.03 Å². The van der Waals surface area contributed by atoms with Crippen LogP contribution in [-0.2, 0) is 19.2 Å². The summed E-state index contributed by atoms with van der Waals surface area (Å²) >= 11 is 9.41. The Morgan fingerprint density at radius 2 is 2.12 bits per heavy atom. The number of hydrogen-bond donors (Lipinski definition) is 3. The minimum absolute atomic E-state index is 0.0585. The molecule has 40 heavy (non-hydrogen) atoms. The van der Waals surface area contributed by atoms with Gasteiger partial charge in [-0.2, -0.15) is 5.10 Å². The maximum Gasteiger partial charge on any atom is 0.322 e. The van der Waals surface area contributed by atoms with E-state index in [0.717, 1.165) is 28.8 Å². The van der Waals surface area contributed by atoms with E-state index < -0.39 is 47.2 Å². The van der Waals surface area contributed by atoms with Gasteiger partial charge in [-0.15, -0.1) is 11.8 Å². The largest absolute Gasteiger partial charge is 0.480 e. The summed E-state index contributed by atoms with van der Waals surface area (Å²) in [6.07, 6.45) is 1.59. The molecule has 0 bridgehead atoms. The van der Waals surface area contributed by atoms with Crippen LogP contribution < -0.4 is 11.1 Å². The Balaban J connectivity index is 1.31. The smallest absolute Gasteiger partial charge is 0.322 e. The number of carbonyl (C=O) groups is 3. The lowest BCUT2D eigenvalue weighted by atomic mass is 10.0. The van der Waals surface area contributed by atoms with Crippen LogP contribution in [0.4, 0.5) is 9.52 Å². The number of halogens is 2. The summed E-state index contributed by atoms with van der Waals surface area (Å²) in [7, 11) is 0. The number of carbonyl (C=O) groups excluding carboxylic acids is 2. The Bertz CT molecular complexity index is 1470. The number of β-lactam (4-membered cyclic amide) rings is 1. The van der Waals surface area contributed by atoms with Crippen LogP contribution in [-0.4, -0.2) is 90.0 Å². The van der Waals surface area contributed by atoms with Crippen molar-refractivity contribution in [1.29, 1.82) is 0 Å². The quantitative estimate of drug-likeness (QED) is 0.132. The van der Waals surface area contributed by atoms with Crippen LogP contribution in [0.2, 0.25) is 4.34 Å². The van der Waals surface area contributed by atoms with Gasteiger partial charge in [-0.1, -0.05) is 58.1 Å². The van der Waals surface area contributed by atoms with Gasteiger partial charge in [-0.05, 0) is 18.2 Å². The van der Waals surface area contributed by atoms with Crippen LogP contribution in [0, 0.1) is 0 Å². The number of nitrogen functional groups attached to an aromatic ring is 1. The predicted molar refractivity (Wildman–Crippen MR) is 150 cm³/mol. The fourth-order valence-electron chi connectivity index (χ4n) is 4.13. The molecule has 0 aliphatic carbocycles. The second-order valence-electron chi connectivity index (χ2n) is 8.57. The number of nitrogens with two attached hydrogens (primary N) is 1. The SMILES string of the molecule is Nc1nc(C(=NOCCF)C(=O)N[C@@H]2C(=O)N3CC(Sc4ccnn4-c4ccccc4)(C(=O)O)CS[C@H]23)c(Cl)s1. The van der Waals surface area contributed by atoms with Crippen LogP contribution in [0.15, 0.2) is 52.8 Å². The van der Waals surface area contributed by atoms with E-state index in [1.54, 1.807) is 16.9 Å². The molecule has 2 aliphatic heterocycles. The standard InChI is InChI=1S/C23H21ClFN7O5S3/c24-17-14(29-22(26)39-17)15(30-37-9-7-25)18(33)28-16-19(34)31-10-23(21(35)36,11-38-20(16)31)40-13-6-8-27-32(13)12-4-2-1-3-5-12/h1-6,8,16,20H,7,9-11H2,(H2,26,29)(H,28,33)(H,35,36)/t16-,20-,23?/m1/s1. The van der Waals surface area contributed by atoms with Gasteiger partial charge in [0.2, 0.25) is 5.91 Å². The maximum atomic E-state index is 13.1. The van der Waals surface area contributed by atoms with Crippen molar-refractivity contribution in [2.45, 2.75) is 21.2 Å². The van der Waals surface area contributed by atoms with Gasteiger partial charge >= 0.3 is 5.97 Å². The lowest BCUT2D eigenvalue weighted by molar-refractivity contribution is -0.151. The number of benzene rings is 1. The molecule has 4 N–H and O–H groups in total. The number of alkyl halides is 1. The average Bonchev–Trinajstić information content (AvgIpc) is 3.54. The third kappa shape index (κ3) is 5.35. The highest BCUT2D eigenvalue weighted by molar-refractivity contribution is 8.05. The van der Waals surface area contributed by atoms with E-state index >= 15 is 0 Å². The minimum atomic E-state index is -1.35. The van der Waals surface area contributed by atoms with Gasteiger partial charge in [0, 0.05) is 12.3 Å². The molecule has 4 heterocycles. The monoisotopic (exact) mass is 625 g/mol. The van der Waals surface area contributed by atoms with Crippen LogP contribution in [0.3, 0.4) is 0 Å². The van der Waals surface area contributed by atoms with E-state index in [4.69, 9.17) is 22.2 Å². The Labute approximate surface area is 244 Å². The summed E-state index contributed by atoms with van der Waals surface area (Å²) in [5, 5.41) is 21.0. The molecule has 2 saturated heterocycles. The van der Waals surface area contributed by atoms with Crippen LogP contribution in [0.1, 0.15) is 5.69 Å². The number of aliphatic carboxylic acids is 1. The summed E-state index contributed by atoms with van der Waals surface area (Å²) in [6.45, 7) is -1.32. The van der Waals surface area contributed by atoms with Crippen LogP contribution in [0.25, 0.3) is 5.69 Å². The van der Waals surface area contributed by atoms with Crippen LogP contribution in [0.5, 0.6) is 0 Å². The summed E-state index contributed by atoms with van der Waals surface area (Å²) < 4.78 is 12.9. The van der Waals surface area contributed by atoms with Crippen molar-refractivity contribution < 1.29 is 28.7 Å². The molecule has 0 saturated carbocycles. The number of aromatic nitrogens is 3. The number of thioether (sulfide) groups is 2. The van der Waals surface area contributed by atoms with Crippen molar-refractivity contribution in [2.24, 2.45) is 5.16 Å². The first kappa shape index (κ1) is 28.2. The number of para-hydroxylation sites is 1. The molecule has 17 heteroatoms. The van der Waals surface area contributed by atoms with Gasteiger partial charge in [0.1, 0.15) is 44.5 Å². The molecule has 0 radical (unpaired) electrons. The van der Waals surface area contributed by atoms with Crippen molar-refractivity contribution in [3.8, 4) is 5.69 Å². The van der Waals surface area contributed by atoms with E-state index in [9.17, 15) is 23.9 Å². The van der Waals surface area contributed by atoms with Crippen molar-refractivity contribution in [3.05, 3.63) is 52.6 Å². The van der Waals surface area contributed by atoms with Crippen molar-refractivity contribution in [1.82, 2.24) is 25.0 Å². The number of carboxylic acids is 1. The molecule has 5 rings (SSSR count). The highest BCUT2D eigenvalue weighted by Gasteiger charge is 2.58. The second kappa shape index (κ2) is 11.6. The fraction of sp³-hybridized carbons (Fsp3) is 0.304. The third-order valence-electron chi connectivity index (χ3n) is 6.01. The summed E-state index contributed by atoms with van der Waals surface area (Å²) in [6, 6.07) is 10.1. The maximum absolute atomic E-state index is 13.1. The predicted octanol–water partition coefficient (Wildman–Crippen LogP) is 2.27. The molecule has 1 unspecified atom stereocenters. The summed E-state index contributed by atoms with van der Waals surface area (Å²) in [5.41, 5.74) is 6.03. The van der Waals surface area contributed by atoms with Gasteiger partial charge in [0.15, 0.2) is 10.8 Å². The molecule has 2 aliphatic rings. The number of rotatable bonds is 10. The van der Waals surface area contributed by atoms with Crippen molar-refractivity contribution in [2.75, 3.05) is 31.3 Å². The van der Waals surface area contributed by atoms with Gasteiger partial charge in [0.05, 0.1) is 11.9 Å². The van der Waals surface area contributed by atoms with E-state index in [-0.39, 0.29) is 33.2 Å². The van der Waals surface area contributed by atoms with Gasteiger partial charge in [0.25, 0.3) is 5.91 Å². The number of nitrogens with one attached hydrogen (secondary N) is 1. The topological polar surface area (TPSA) is 165 Å². The number of anilines is 1. The molecule has 2 amide bonds. The first-order valence-corrected chi connectivity index (χ1v) is 14.7. The normalized spacial score (nSPS) is 22.4. The zero-order valence-electron chi connectivity index (χ0n) is 20.4. The summed E-state index contributed by atoms with van der Waals surface area (Å²) in [5.74, 6) is -2.19. The first-order valence-electron chi connectivity index (χ1n) is 11.7. The number of oxime groups is 1. The number of carboxylic acid groups (broad SMARTS) is 1. The molecule has 2 fully saturated rings. The van der Waals surface area contributed by atoms with Crippen molar-refractivity contribution >= 4 is 75.1 Å². The highest BCUT2D eigenvalue weighted by Crippen LogP contribution is 2.46. The number of fused-ring (bicyclic) bond motifs is 1. The zero-order chi connectivity index (χ0) is 28.4. The molecule has 12 nitrogen and oxygen atoms in total. The summed E-state index contributed by atoms with van der Waals surface area (Å²) in [4.78, 5) is 49.0. The lowest BCUT2D eigenvalue weighted by Crippen LogP contribution is -2.74. The highest BCUT2D eigenvalue weighted by atomic mass is 35.5. The number of amides is 2. The van der Waals surface area contributed by atoms with Gasteiger partial charge in [-0.25, -0.2) is 14.1 Å². The van der Waals surface area contributed by atoms with Gasteiger partial charge < -0.3 is 25.9 Å². The Kier molecular flexibility index (Phi) is 8.21. The average molecular weight is 626 g/mol. The Hall–Kier alpha value is -3.34. The third-order valence-corrected chi connectivity index (χ3v) is 10.2. The van der Waals surface area contributed by atoms with E-state index in [2.05, 4.69) is 20.6 Å². The molecule has 3 atom stereocenters. The molecular formula is C23H21ClFN7O5S3. The van der Waals surface area contributed by atoms with Crippen molar-refractivity contribution in [3.63, 3.8) is 0 Å². The molecule has 210 valence electrons. The second-order valence-corrected chi connectivity index (χ2v) is 12.7. The zero-order valence-corrected chi connectivity index (χ0v) is 23.6. The Morgan fingerprint density at radius 3 is 2.80 bits per heavy atom. The van der Waals surface area contributed by atoms with E-state index in [1.165, 1.54) is 16.7 Å². The first-order chi connectivity index (χ1) is 19.2. The number of nitrogens with zero attached hydrogens (tertiary/aromatic N) is 5. The van der Waals surface area contributed by atoms with E-state index in [1.807, 2.05) is 30.3 Å². The molecule has 0 spiro atoms. The fourth-order valence-corrected chi connectivity index (χ4v) is 7.95. The lowest BCUT2D eigenvalue weighted by Gasteiger charge is -2.53. The van der Waals surface area contributed by atoms with Crippen LogP contribution >= 0.6 is 46.5 Å². The Morgan fingerprint density at radius 1 is 1.35 bits per heavy atom. The molecule has 3 aromatic rings. The number of hydrogen-bond acceptors (Lipinski definition) is 11.